The Hall–Kier alpha value is -2.81. The van der Waals surface area contributed by atoms with E-state index in [1.165, 1.54) is 16.1 Å². The summed E-state index contributed by atoms with van der Waals surface area (Å²) in [6, 6.07) is 17.2. The minimum absolute atomic E-state index is 0.0530. The number of hydrogen-bond acceptors (Lipinski definition) is 8. The average molecular weight is 490 g/mol. The van der Waals surface area contributed by atoms with E-state index in [9.17, 15) is 0 Å². The van der Waals surface area contributed by atoms with Crippen LogP contribution in [0, 0.1) is 0 Å². The Balaban J connectivity index is 1.29. The minimum Gasteiger partial charge on any atom is -0.369 e. The highest BCUT2D eigenvalue weighted by Crippen LogP contribution is 2.35. The number of benzene rings is 2. The number of hydrogen-bond donors (Lipinski definition) is 2. The molecule has 1 fully saturated rings. The van der Waals surface area contributed by atoms with Crippen LogP contribution in [-0.4, -0.2) is 60.2 Å². The number of nitrogens with one attached hydrogen (secondary N) is 2. The van der Waals surface area contributed by atoms with Gasteiger partial charge in [0, 0.05) is 72.0 Å². The maximum Gasteiger partial charge on any atom is 0.229 e. The topological polar surface area (TPSA) is 59.6 Å². The number of nitrogens with zero attached hydrogens (tertiary/aromatic N) is 5. The lowest BCUT2D eigenvalue weighted by Crippen LogP contribution is -2.44. The molecule has 8 heteroatoms. The van der Waals surface area contributed by atoms with Gasteiger partial charge in [-0.25, -0.2) is 4.98 Å². The van der Waals surface area contributed by atoms with E-state index in [1.807, 2.05) is 6.20 Å². The van der Waals surface area contributed by atoms with E-state index in [-0.39, 0.29) is 5.54 Å². The molecule has 2 aromatic carbocycles. The van der Waals surface area contributed by atoms with Crippen molar-refractivity contribution in [3.8, 4) is 0 Å². The van der Waals surface area contributed by atoms with Gasteiger partial charge in [0.25, 0.3) is 0 Å². The van der Waals surface area contributed by atoms with Crippen molar-refractivity contribution in [2.24, 2.45) is 0 Å². The van der Waals surface area contributed by atoms with Crippen molar-refractivity contribution in [2.75, 3.05) is 54.9 Å². The molecule has 0 aliphatic carbocycles. The normalized spacial score (nSPS) is 16.5. The fraction of sp³-hybridized carbons (Fsp3) is 0.407. The highest BCUT2D eigenvalue weighted by Gasteiger charge is 2.24. The van der Waals surface area contributed by atoms with Gasteiger partial charge in [-0.15, -0.1) is 0 Å². The summed E-state index contributed by atoms with van der Waals surface area (Å²) in [5.74, 6) is 1.62. The summed E-state index contributed by atoms with van der Waals surface area (Å²) < 4.78 is 3.50. The van der Waals surface area contributed by atoms with Crippen molar-refractivity contribution in [3.63, 3.8) is 0 Å². The molecule has 0 unspecified atom stereocenters. The van der Waals surface area contributed by atoms with Gasteiger partial charge in [0.15, 0.2) is 0 Å². The third-order valence-electron chi connectivity index (χ3n) is 6.30. The first-order chi connectivity index (χ1) is 16.8. The Morgan fingerprint density at radius 1 is 0.914 bits per heavy atom. The Labute approximate surface area is 213 Å². The first-order valence-electron chi connectivity index (χ1n) is 12.3. The monoisotopic (exact) mass is 489 g/mol. The third-order valence-corrected chi connectivity index (χ3v) is 7.50. The predicted molar refractivity (Wildman–Crippen MR) is 147 cm³/mol. The Morgan fingerprint density at radius 3 is 2.43 bits per heavy atom. The van der Waals surface area contributed by atoms with Gasteiger partial charge in [-0.1, -0.05) is 6.07 Å². The maximum atomic E-state index is 4.91. The molecule has 1 aromatic heterocycles. The molecule has 7 nitrogen and oxygen atoms in total. The molecule has 3 heterocycles. The zero-order chi connectivity index (χ0) is 24.4. The molecule has 35 heavy (non-hydrogen) atoms. The largest absolute Gasteiger partial charge is 0.369 e. The van der Waals surface area contributed by atoms with Crippen molar-refractivity contribution < 1.29 is 0 Å². The molecule has 2 N–H and O–H groups in total. The maximum absolute atomic E-state index is 4.91. The fourth-order valence-electron chi connectivity index (χ4n) is 4.33. The first kappa shape index (κ1) is 23.9. The van der Waals surface area contributed by atoms with Crippen molar-refractivity contribution >= 4 is 40.8 Å². The zero-order valence-corrected chi connectivity index (χ0v) is 21.9. The summed E-state index contributed by atoms with van der Waals surface area (Å²) in [5.41, 5.74) is 4.66. The third kappa shape index (κ3) is 5.89. The molecule has 3 aromatic rings. The Bertz CT molecular complexity index is 1150. The summed E-state index contributed by atoms with van der Waals surface area (Å²) in [7, 11) is 2.18. The van der Waals surface area contributed by atoms with Gasteiger partial charge in [-0.3, -0.25) is 4.72 Å². The number of aromatic nitrogens is 2. The molecule has 0 atom stereocenters. The smallest absolute Gasteiger partial charge is 0.229 e. The van der Waals surface area contributed by atoms with Crippen LogP contribution in [0.1, 0.15) is 26.3 Å². The second kappa shape index (κ2) is 10.0. The van der Waals surface area contributed by atoms with Gasteiger partial charge in [0.05, 0.1) is 0 Å². The van der Waals surface area contributed by atoms with E-state index >= 15 is 0 Å². The molecule has 184 valence electrons. The second-order valence-electron chi connectivity index (χ2n) is 10.4. The Kier molecular flexibility index (Phi) is 6.86. The zero-order valence-electron chi connectivity index (χ0n) is 21.1. The molecule has 2 aliphatic rings. The van der Waals surface area contributed by atoms with Crippen LogP contribution in [-0.2, 0) is 6.42 Å². The van der Waals surface area contributed by atoms with E-state index in [2.05, 4.69) is 106 Å². The highest BCUT2D eigenvalue weighted by atomic mass is 32.2. The first-order valence-corrected chi connectivity index (χ1v) is 13.1. The van der Waals surface area contributed by atoms with Gasteiger partial charge < -0.3 is 20.0 Å². The van der Waals surface area contributed by atoms with Crippen LogP contribution in [0.15, 0.2) is 59.6 Å². The lowest BCUT2D eigenvalue weighted by Gasteiger charge is -2.34. The van der Waals surface area contributed by atoms with Crippen LogP contribution >= 0.6 is 11.9 Å². The summed E-state index contributed by atoms with van der Waals surface area (Å²) in [6.07, 6.45) is 2.91. The van der Waals surface area contributed by atoms with E-state index in [0.29, 0.717) is 5.95 Å². The number of piperazine rings is 1. The molecule has 5 rings (SSSR count). The van der Waals surface area contributed by atoms with E-state index in [1.54, 1.807) is 11.9 Å². The predicted octanol–water partition coefficient (Wildman–Crippen LogP) is 5.06. The molecule has 1 saturated heterocycles. The second-order valence-corrected chi connectivity index (χ2v) is 11.2. The lowest BCUT2D eigenvalue weighted by molar-refractivity contribution is 0.313. The molecular formula is C27H35N7S. The van der Waals surface area contributed by atoms with Crippen molar-refractivity contribution in [1.29, 1.82) is 0 Å². The molecule has 2 aliphatic heterocycles. The van der Waals surface area contributed by atoms with Crippen molar-refractivity contribution in [3.05, 3.63) is 60.3 Å². The molecule has 0 amide bonds. The van der Waals surface area contributed by atoms with Crippen LogP contribution in [0.25, 0.3) is 0 Å². The molecule has 0 spiro atoms. The Morgan fingerprint density at radius 2 is 1.69 bits per heavy atom. The highest BCUT2D eigenvalue weighted by molar-refractivity contribution is 7.97. The fourth-order valence-corrected chi connectivity index (χ4v) is 5.08. The number of rotatable bonds is 6. The van der Waals surface area contributed by atoms with Gasteiger partial charge in [0.1, 0.15) is 5.82 Å². The van der Waals surface area contributed by atoms with E-state index in [4.69, 9.17) is 4.98 Å². The van der Waals surface area contributed by atoms with E-state index < -0.39 is 0 Å². The average Bonchev–Trinajstić information content (AvgIpc) is 3.27. The van der Waals surface area contributed by atoms with Gasteiger partial charge in [-0.05, 0) is 88.7 Å². The molecule has 0 radical (unpaired) electrons. The van der Waals surface area contributed by atoms with Gasteiger partial charge >= 0.3 is 0 Å². The van der Waals surface area contributed by atoms with Crippen LogP contribution in [0.4, 0.5) is 28.8 Å². The van der Waals surface area contributed by atoms with Crippen LogP contribution in [0.5, 0.6) is 0 Å². The lowest BCUT2D eigenvalue weighted by atomic mass is 10.1. The van der Waals surface area contributed by atoms with Crippen LogP contribution < -0.4 is 19.8 Å². The van der Waals surface area contributed by atoms with Crippen molar-refractivity contribution in [2.45, 2.75) is 37.6 Å². The van der Waals surface area contributed by atoms with Crippen LogP contribution in [0.2, 0.25) is 0 Å². The van der Waals surface area contributed by atoms with E-state index in [0.717, 1.165) is 56.3 Å². The SMILES string of the molecule is CN1CCN(c2ccc(Nc3ncc4c(n3)N(c3cccc(SNC(C)(C)C)c3)CC4)cc2)CC1. The summed E-state index contributed by atoms with van der Waals surface area (Å²) >= 11 is 1.67. The molecule has 0 saturated carbocycles. The van der Waals surface area contributed by atoms with Crippen LogP contribution in [0.3, 0.4) is 0 Å². The summed E-state index contributed by atoms with van der Waals surface area (Å²) in [5, 5.41) is 3.40. The molecular weight excluding hydrogens is 454 g/mol. The number of anilines is 5. The molecule has 0 bridgehead atoms. The van der Waals surface area contributed by atoms with Gasteiger partial charge in [0.2, 0.25) is 5.95 Å². The quantitative estimate of drug-likeness (QED) is 0.466. The standard InChI is InChI=1S/C27H35N7S/c1-27(2,3)31-35-24-7-5-6-23(18-24)34-13-12-20-19-28-26(30-25(20)34)29-21-8-10-22(11-9-21)33-16-14-32(4)15-17-33/h5-11,18-19,31H,12-17H2,1-4H3,(H,28,29,30). The minimum atomic E-state index is 0.0530. The van der Waals surface area contributed by atoms with Crippen molar-refractivity contribution in [1.82, 2.24) is 19.6 Å². The number of fused-ring (bicyclic) bond motifs is 1. The summed E-state index contributed by atoms with van der Waals surface area (Å²) in [4.78, 5) is 17.8. The number of likely N-dealkylation sites (N-methyl/N-ethyl adjacent to an activating group) is 1. The van der Waals surface area contributed by atoms with Gasteiger partial charge in [-0.2, -0.15) is 4.98 Å². The summed E-state index contributed by atoms with van der Waals surface area (Å²) in [6.45, 7) is 11.8.